The normalized spacial score (nSPS) is 15.0. The van der Waals surface area contributed by atoms with Gasteiger partial charge in [-0.15, -0.1) is 0 Å². The molecule has 0 fully saturated rings. The molecule has 0 aliphatic rings. The second kappa shape index (κ2) is 12.2. The second-order valence-corrected chi connectivity index (χ2v) is 7.11. The van der Waals surface area contributed by atoms with Crippen LogP contribution in [0.1, 0.15) is 25.8 Å². The molecule has 156 valence electrons. The average molecular weight is 411 g/mol. The summed E-state index contributed by atoms with van der Waals surface area (Å²) in [7, 11) is 0. The highest BCUT2D eigenvalue weighted by molar-refractivity contribution is 7.80. The lowest BCUT2D eigenvalue weighted by atomic mass is 9.99. The van der Waals surface area contributed by atoms with E-state index in [-0.39, 0.29) is 24.3 Å². The topological polar surface area (TPSA) is 134 Å². The summed E-state index contributed by atoms with van der Waals surface area (Å²) in [6.45, 7) is 3.81. The van der Waals surface area contributed by atoms with Crippen LogP contribution in [0.2, 0.25) is 0 Å². The molecule has 8 nitrogen and oxygen atoms in total. The van der Waals surface area contributed by atoms with E-state index in [1.54, 1.807) is 6.92 Å². The predicted molar refractivity (Wildman–Crippen MR) is 111 cm³/mol. The fraction of sp³-hybridized carbons (Fsp3) is 0.526. The molecule has 0 unspecified atom stereocenters. The third kappa shape index (κ3) is 8.18. The van der Waals surface area contributed by atoms with E-state index in [1.165, 1.54) is 0 Å². The number of carboxylic acid groups (broad SMARTS) is 1. The Morgan fingerprint density at radius 1 is 1.18 bits per heavy atom. The van der Waals surface area contributed by atoms with Gasteiger partial charge in [-0.25, -0.2) is 9.59 Å². The summed E-state index contributed by atoms with van der Waals surface area (Å²) in [5, 5.41) is 16.8. The highest BCUT2D eigenvalue weighted by Crippen LogP contribution is 2.08. The van der Waals surface area contributed by atoms with Crippen molar-refractivity contribution in [3.8, 4) is 0 Å². The fourth-order valence-corrected chi connectivity index (χ4v) is 2.82. The standard InChI is InChI=1S/C19H30N4O4S/c1-3-12(2)16(18(25)26)23-19(27)22-15(11-28)17(24)21-10-14(20)9-13-7-5-4-6-8-13/h4-8,12,14-16,28H,3,9-11,20H2,1-2H3,(H,21,24)(H,25,26)(H2,22,23,27)/t12-,14+,15-,16-/m0/s1. The van der Waals surface area contributed by atoms with Gasteiger partial charge in [0.2, 0.25) is 5.91 Å². The number of aliphatic carboxylic acids is 1. The number of carbonyl (C=O) groups is 3. The zero-order chi connectivity index (χ0) is 21.1. The Morgan fingerprint density at radius 2 is 1.82 bits per heavy atom. The maximum Gasteiger partial charge on any atom is 0.326 e. The van der Waals surface area contributed by atoms with Crippen LogP contribution in [0.15, 0.2) is 30.3 Å². The van der Waals surface area contributed by atoms with E-state index >= 15 is 0 Å². The number of hydrogen-bond acceptors (Lipinski definition) is 5. The van der Waals surface area contributed by atoms with Crippen molar-refractivity contribution in [2.75, 3.05) is 12.3 Å². The van der Waals surface area contributed by atoms with Crippen molar-refractivity contribution in [3.63, 3.8) is 0 Å². The molecular weight excluding hydrogens is 380 g/mol. The molecular formula is C19H30N4O4S. The SMILES string of the molecule is CC[C@H](C)[C@H](NC(=O)N[C@@H](CS)C(=O)NC[C@H](N)Cc1ccccc1)C(=O)O. The van der Waals surface area contributed by atoms with Crippen LogP contribution in [0, 0.1) is 5.92 Å². The highest BCUT2D eigenvalue weighted by Gasteiger charge is 2.27. The van der Waals surface area contributed by atoms with Gasteiger partial charge in [0.25, 0.3) is 0 Å². The van der Waals surface area contributed by atoms with Crippen molar-refractivity contribution < 1.29 is 19.5 Å². The van der Waals surface area contributed by atoms with Crippen LogP contribution in [0.5, 0.6) is 0 Å². The lowest BCUT2D eigenvalue weighted by Crippen LogP contribution is -2.56. The fourth-order valence-electron chi connectivity index (χ4n) is 2.56. The lowest BCUT2D eigenvalue weighted by molar-refractivity contribution is -0.140. The Kier molecular flexibility index (Phi) is 10.4. The van der Waals surface area contributed by atoms with E-state index in [4.69, 9.17) is 5.73 Å². The maximum absolute atomic E-state index is 12.3. The van der Waals surface area contributed by atoms with Crippen molar-refractivity contribution in [2.24, 2.45) is 11.7 Å². The van der Waals surface area contributed by atoms with Crippen LogP contribution in [-0.2, 0) is 16.0 Å². The molecule has 1 aromatic carbocycles. The number of urea groups is 1. The van der Waals surface area contributed by atoms with Gasteiger partial charge in [-0.05, 0) is 17.9 Å². The zero-order valence-corrected chi connectivity index (χ0v) is 17.1. The first kappa shape index (κ1) is 23.8. The molecule has 0 bridgehead atoms. The molecule has 0 aromatic heterocycles. The summed E-state index contributed by atoms with van der Waals surface area (Å²) in [6.07, 6.45) is 1.20. The average Bonchev–Trinajstić information content (AvgIpc) is 2.68. The van der Waals surface area contributed by atoms with Crippen molar-refractivity contribution in [2.45, 2.75) is 44.8 Å². The Morgan fingerprint density at radius 3 is 2.36 bits per heavy atom. The minimum absolute atomic E-state index is 0.0637. The molecule has 0 saturated carbocycles. The minimum Gasteiger partial charge on any atom is -0.480 e. The van der Waals surface area contributed by atoms with Gasteiger partial charge in [0, 0.05) is 18.3 Å². The summed E-state index contributed by atoms with van der Waals surface area (Å²) in [5.41, 5.74) is 7.11. The molecule has 1 rings (SSSR count). The van der Waals surface area contributed by atoms with Crippen LogP contribution in [-0.4, -0.2) is 53.4 Å². The number of rotatable bonds is 11. The highest BCUT2D eigenvalue weighted by atomic mass is 32.1. The first-order valence-corrected chi connectivity index (χ1v) is 9.89. The zero-order valence-electron chi connectivity index (χ0n) is 16.2. The van der Waals surface area contributed by atoms with Gasteiger partial charge in [0.05, 0.1) is 0 Å². The summed E-state index contributed by atoms with van der Waals surface area (Å²) in [6, 6.07) is 6.74. The molecule has 1 aromatic rings. The van der Waals surface area contributed by atoms with E-state index in [1.807, 2.05) is 37.3 Å². The van der Waals surface area contributed by atoms with Crippen molar-refractivity contribution >= 4 is 30.5 Å². The van der Waals surface area contributed by atoms with Crippen molar-refractivity contribution in [1.29, 1.82) is 0 Å². The van der Waals surface area contributed by atoms with Gasteiger partial charge >= 0.3 is 12.0 Å². The molecule has 3 amide bonds. The quantitative estimate of drug-likeness (QED) is 0.300. The Labute approximate surface area is 171 Å². The summed E-state index contributed by atoms with van der Waals surface area (Å²) in [5.74, 6) is -1.73. The summed E-state index contributed by atoms with van der Waals surface area (Å²) in [4.78, 5) is 35.7. The number of amides is 3. The van der Waals surface area contributed by atoms with Gasteiger partial charge in [-0.3, -0.25) is 4.79 Å². The molecule has 0 heterocycles. The van der Waals surface area contributed by atoms with Gasteiger partial charge in [0.1, 0.15) is 12.1 Å². The first-order chi connectivity index (χ1) is 13.3. The molecule has 0 saturated heterocycles. The number of nitrogens with one attached hydrogen (secondary N) is 3. The largest absolute Gasteiger partial charge is 0.480 e. The summed E-state index contributed by atoms with van der Waals surface area (Å²) < 4.78 is 0. The number of carboxylic acids is 1. The number of benzene rings is 1. The van der Waals surface area contributed by atoms with E-state index in [2.05, 4.69) is 28.6 Å². The Bertz CT molecular complexity index is 644. The molecule has 0 aliphatic carbocycles. The van der Waals surface area contributed by atoms with E-state index in [0.29, 0.717) is 12.8 Å². The van der Waals surface area contributed by atoms with Gasteiger partial charge in [-0.2, -0.15) is 12.6 Å². The monoisotopic (exact) mass is 410 g/mol. The number of carbonyl (C=O) groups excluding carboxylic acids is 2. The van der Waals surface area contributed by atoms with Crippen LogP contribution in [0.4, 0.5) is 4.79 Å². The van der Waals surface area contributed by atoms with Crippen molar-refractivity contribution in [3.05, 3.63) is 35.9 Å². The minimum atomic E-state index is -1.12. The molecule has 28 heavy (non-hydrogen) atoms. The van der Waals surface area contributed by atoms with E-state index in [0.717, 1.165) is 5.56 Å². The second-order valence-electron chi connectivity index (χ2n) is 6.75. The number of thiol groups is 1. The van der Waals surface area contributed by atoms with Crippen LogP contribution < -0.4 is 21.7 Å². The Balaban J connectivity index is 2.51. The van der Waals surface area contributed by atoms with Gasteiger partial charge in [0.15, 0.2) is 0 Å². The Hall–Kier alpha value is -2.26. The van der Waals surface area contributed by atoms with Crippen LogP contribution in [0.3, 0.4) is 0 Å². The number of hydrogen-bond donors (Lipinski definition) is 6. The third-order valence-corrected chi connectivity index (χ3v) is 4.81. The molecule has 6 N–H and O–H groups in total. The first-order valence-electron chi connectivity index (χ1n) is 9.26. The molecule has 0 spiro atoms. The molecule has 4 atom stereocenters. The third-order valence-electron chi connectivity index (χ3n) is 4.45. The van der Waals surface area contributed by atoms with E-state index in [9.17, 15) is 19.5 Å². The van der Waals surface area contributed by atoms with Gasteiger partial charge in [-0.1, -0.05) is 50.6 Å². The predicted octanol–water partition coefficient (Wildman–Crippen LogP) is 0.770. The summed E-state index contributed by atoms with van der Waals surface area (Å²) >= 11 is 4.09. The number of nitrogens with two attached hydrogens (primary N) is 1. The van der Waals surface area contributed by atoms with E-state index < -0.39 is 30.0 Å². The maximum atomic E-state index is 12.3. The van der Waals surface area contributed by atoms with Crippen LogP contribution >= 0.6 is 12.6 Å². The molecule has 9 heteroatoms. The molecule has 0 radical (unpaired) electrons. The van der Waals surface area contributed by atoms with Gasteiger partial charge < -0.3 is 26.8 Å². The smallest absolute Gasteiger partial charge is 0.326 e. The molecule has 0 aliphatic heterocycles. The van der Waals surface area contributed by atoms with Crippen LogP contribution in [0.25, 0.3) is 0 Å². The van der Waals surface area contributed by atoms with Crippen molar-refractivity contribution in [1.82, 2.24) is 16.0 Å². The lowest BCUT2D eigenvalue weighted by Gasteiger charge is -2.23.